The molecule has 3 rings (SSSR count). The van der Waals surface area contributed by atoms with Crippen LogP contribution in [-0.2, 0) is 11.2 Å². The van der Waals surface area contributed by atoms with Crippen LogP contribution in [0.15, 0.2) is 53.9 Å². The Morgan fingerprint density at radius 1 is 0.967 bits per heavy atom. The molecule has 7 heteroatoms. The SMILES string of the molecule is Cc1ccc(-c2nc(CCNC(=O)Nc3ccc(NC(=O)C(C)C)cc3)cs2)cc1. The quantitative estimate of drug-likeness (QED) is 0.497. The molecule has 30 heavy (non-hydrogen) atoms. The van der Waals surface area contributed by atoms with E-state index in [4.69, 9.17) is 0 Å². The average Bonchev–Trinajstić information content (AvgIpc) is 3.19. The van der Waals surface area contributed by atoms with Crippen molar-refractivity contribution in [1.29, 1.82) is 0 Å². The Morgan fingerprint density at radius 2 is 1.60 bits per heavy atom. The second-order valence-corrected chi connectivity index (χ2v) is 8.22. The number of aromatic nitrogens is 1. The van der Waals surface area contributed by atoms with Gasteiger partial charge in [0, 0.05) is 41.2 Å². The lowest BCUT2D eigenvalue weighted by Crippen LogP contribution is -2.30. The molecule has 0 aliphatic carbocycles. The smallest absolute Gasteiger partial charge is 0.319 e. The molecule has 1 heterocycles. The number of thiazole rings is 1. The molecular formula is C23H26N4O2S. The van der Waals surface area contributed by atoms with E-state index in [1.807, 2.05) is 19.2 Å². The van der Waals surface area contributed by atoms with Gasteiger partial charge in [0.15, 0.2) is 0 Å². The van der Waals surface area contributed by atoms with E-state index in [0.29, 0.717) is 24.3 Å². The Hall–Kier alpha value is -3.19. The van der Waals surface area contributed by atoms with Crippen LogP contribution in [0.3, 0.4) is 0 Å². The van der Waals surface area contributed by atoms with E-state index in [1.165, 1.54) is 5.56 Å². The van der Waals surface area contributed by atoms with Crippen molar-refractivity contribution in [2.24, 2.45) is 5.92 Å². The highest BCUT2D eigenvalue weighted by atomic mass is 32.1. The molecule has 0 aliphatic heterocycles. The normalized spacial score (nSPS) is 10.7. The van der Waals surface area contributed by atoms with Gasteiger partial charge in [0.2, 0.25) is 5.91 Å². The van der Waals surface area contributed by atoms with E-state index < -0.39 is 0 Å². The molecule has 0 atom stereocenters. The summed E-state index contributed by atoms with van der Waals surface area (Å²) in [5, 5.41) is 11.5. The summed E-state index contributed by atoms with van der Waals surface area (Å²) in [6.07, 6.45) is 0.663. The third-order valence-corrected chi connectivity index (χ3v) is 5.39. The number of carbonyl (C=O) groups excluding carboxylic acids is 2. The number of carbonyl (C=O) groups is 2. The minimum absolute atomic E-state index is 0.0407. The molecule has 0 saturated carbocycles. The molecule has 3 N–H and O–H groups in total. The van der Waals surface area contributed by atoms with Crippen molar-refractivity contribution in [3.8, 4) is 10.6 Å². The van der Waals surface area contributed by atoms with Crippen molar-refractivity contribution in [3.05, 3.63) is 65.2 Å². The van der Waals surface area contributed by atoms with Gasteiger partial charge in [-0.25, -0.2) is 9.78 Å². The maximum absolute atomic E-state index is 12.1. The summed E-state index contributed by atoms with van der Waals surface area (Å²) in [6.45, 7) is 6.23. The second-order valence-electron chi connectivity index (χ2n) is 7.36. The number of hydrogen-bond acceptors (Lipinski definition) is 4. The molecule has 0 unspecified atom stereocenters. The zero-order chi connectivity index (χ0) is 21.5. The van der Waals surface area contributed by atoms with Gasteiger partial charge in [0.1, 0.15) is 5.01 Å². The van der Waals surface area contributed by atoms with Gasteiger partial charge in [-0.15, -0.1) is 11.3 Å². The molecule has 0 radical (unpaired) electrons. The van der Waals surface area contributed by atoms with Crippen LogP contribution in [0.1, 0.15) is 25.1 Å². The molecule has 0 fully saturated rings. The number of rotatable bonds is 7. The van der Waals surface area contributed by atoms with E-state index in [9.17, 15) is 9.59 Å². The summed E-state index contributed by atoms with van der Waals surface area (Å²) in [7, 11) is 0. The van der Waals surface area contributed by atoms with Gasteiger partial charge >= 0.3 is 6.03 Å². The summed E-state index contributed by atoms with van der Waals surface area (Å²) in [6, 6.07) is 15.1. The van der Waals surface area contributed by atoms with Crippen molar-refractivity contribution in [1.82, 2.24) is 10.3 Å². The van der Waals surface area contributed by atoms with Crippen molar-refractivity contribution >= 4 is 34.6 Å². The number of aryl methyl sites for hydroxylation is 1. The number of benzene rings is 2. The van der Waals surface area contributed by atoms with Crippen molar-refractivity contribution in [2.45, 2.75) is 27.2 Å². The first-order valence-corrected chi connectivity index (χ1v) is 10.8. The Labute approximate surface area is 180 Å². The summed E-state index contributed by atoms with van der Waals surface area (Å²) < 4.78 is 0. The van der Waals surface area contributed by atoms with E-state index >= 15 is 0 Å². The molecule has 3 amide bonds. The van der Waals surface area contributed by atoms with Gasteiger partial charge in [-0.3, -0.25) is 4.79 Å². The Kier molecular flexibility index (Phi) is 7.19. The summed E-state index contributed by atoms with van der Waals surface area (Å²) in [4.78, 5) is 28.5. The molecule has 0 bridgehead atoms. The fourth-order valence-corrected chi connectivity index (χ4v) is 3.51. The highest BCUT2D eigenvalue weighted by Gasteiger charge is 2.08. The number of amides is 3. The summed E-state index contributed by atoms with van der Waals surface area (Å²) >= 11 is 1.61. The van der Waals surface area contributed by atoms with Crippen LogP contribution in [0.2, 0.25) is 0 Å². The minimum Gasteiger partial charge on any atom is -0.337 e. The lowest BCUT2D eigenvalue weighted by atomic mass is 10.2. The van der Waals surface area contributed by atoms with Crippen LogP contribution >= 0.6 is 11.3 Å². The van der Waals surface area contributed by atoms with Gasteiger partial charge < -0.3 is 16.0 Å². The average molecular weight is 423 g/mol. The summed E-state index contributed by atoms with van der Waals surface area (Å²) in [5.74, 6) is -0.125. The number of urea groups is 1. The first-order valence-electron chi connectivity index (χ1n) is 9.88. The second kappa shape index (κ2) is 10.0. The summed E-state index contributed by atoms with van der Waals surface area (Å²) in [5.41, 5.74) is 4.65. The first kappa shape index (κ1) is 21.5. The predicted octanol–water partition coefficient (Wildman–Crippen LogP) is 5.08. The topological polar surface area (TPSA) is 83.1 Å². The molecule has 0 saturated heterocycles. The largest absolute Gasteiger partial charge is 0.337 e. The molecule has 3 aromatic rings. The first-order chi connectivity index (χ1) is 14.4. The number of nitrogens with one attached hydrogen (secondary N) is 3. The maximum Gasteiger partial charge on any atom is 0.319 e. The van der Waals surface area contributed by atoms with Crippen LogP contribution < -0.4 is 16.0 Å². The predicted molar refractivity (Wildman–Crippen MR) is 123 cm³/mol. The fourth-order valence-electron chi connectivity index (χ4n) is 2.65. The van der Waals surface area contributed by atoms with Crippen LogP contribution in [0.4, 0.5) is 16.2 Å². The highest BCUT2D eigenvalue weighted by Crippen LogP contribution is 2.24. The number of nitrogens with zero attached hydrogens (tertiary/aromatic N) is 1. The van der Waals surface area contributed by atoms with Crippen LogP contribution in [0.5, 0.6) is 0 Å². The maximum atomic E-state index is 12.1. The van der Waals surface area contributed by atoms with Crippen molar-refractivity contribution < 1.29 is 9.59 Å². The molecule has 156 valence electrons. The van der Waals surface area contributed by atoms with Gasteiger partial charge in [0.25, 0.3) is 0 Å². The van der Waals surface area contributed by atoms with Crippen molar-refractivity contribution in [3.63, 3.8) is 0 Å². The molecule has 0 aliphatic rings. The van der Waals surface area contributed by atoms with E-state index in [-0.39, 0.29) is 17.9 Å². The monoisotopic (exact) mass is 422 g/mol. The fraction of sp³-hybridized carbons (Fsp3) is 0.261. The highest BCUT2D eigenvalue weighted by molar-refractivity contribution is 7.13. The zero-order valence-electron chi connectivity index (χ0n) is 17.4. The standard InChI is InChI=1S/C23H26N4O2S/c1-15(2)21(28)25-18-8-10-19(11-9-18)27-23(29)24-13-12-20-14-30-22(26-20)17-6-4-16(3)5-7-17/h4-11,14-15H,12-13H2,1-3H3,(H,25,28)(H2,24,27,29). The third-order valence-electron chi connectivity index (χ3n) is 4.45. The Morgan fingerprint density at radius 3 is 2.23 bits per heavy atom. The Balaban J connectivity index is 1.44. The van der Waals surface area contributed by atoms with Crippen LogP contribution in [0, 0.1) is 12.8 Å². The van der Waals surface area contributed by atoms with Crippen LogP contribution in [0.25, 0.3) is 10.6 Å². The minimum atomic E-state index is -0.275. The van der Waals surface area contributed by atoms with Gasteiger partial charge in [-0.05, 0) is 31.2 Å². The lowest BCUT2D eigenvalue weighted by Gasteiger charge is -2.10. The number of anilines is 2. The molecular weight excluding hydrogens is 396 g/mol. The third kappa shape index (κ3) is 6.15. The number of hydrogen-bond donors (Lipinski definition) is 3. The zero-order valence-corrected chi connectivity index (χ0v) is 18.2. The van der Waals surface area contributed by atoms with Gasteiger partial charge in [0.05, 0.1) is 5.69 Å². The lowest BCUT2D eigenvalue weighted by molar-refractivity contribution is -0.118. The van der Waals surface area contributed by atoms with Gasteiger partial charge in [-0.2, -0.15) is 0 Å². The molecule has 1 aromatic heterocycles. The van der Waals surface area contributed by atoms with Crippen LogP contribution in [-0.4, -0.2) is 23.5 Å². The molecule has 2 aromatic carbocycles. The van der Waals surface area contributed by atoms with E-state index in [2.05, 4.69) is 52.1 Å². The molecule has 0 spiro atoms. The van der Waals surface area contributed by atoms with E-state index in [0.717, 1.165) is 16.3 Å². The van der Waals surface area contributed by atoms with Gasteiger partial charge in [-0.1, -0.05) is 43.7 Å². The Bertz CT molecular complexity index is 995. The van der Waals surface area contributed by atoms with E-state index in [1.54, 1.807) is 35.6 Å². The van der Waals surface area contributed by atoms with Crippen molar-refractivity contribution in [2.75, 3.05) is 17.2 Å². The molecule has 6 nitrogen and oxygen atoms in total.